The Morgan fingerprint density at radius 2 is 2.07 bits per heavy atom. The van der Waals surface area contributed by atoms with Crippen molar-refractivity contribution in [3.8, 4) is 0 Å². The molecule has 4 rings (SSSR count). The number of alkyl halides is 3. The van der Waals surface area contributed by atoms with E-state index in [-0.39, 0.29) is 47.0 Å². The van der Waals surface area contributed by atoms with E-state index in [1.807, 2.05) is 0 Å². The van der Waals surface area contributed by atoms with Crippen LogP contribution in [0.5, 0.6) is 0 Å². The third-order valence-corrected chi connectivity index (χ3v) is 5.69. The molecule has 0 saturated carbocycles. The van der Waals surface area contributed by atoms with E-state index in [1.165, 1.54) is 6.92 Å². The smallest absolute Gasteiger partial charge is 0.376 e. The number of carbonyl (C=O) groups is 1. The van der Waals surface area contributed by atoms with Crippen molar-refractivity contribution in [1.29, 1.82) is 0 Å². The van der Waals surface area contributed by atoms with E-state index in [9.17, 15) is 18.0 Å². The number of piperidine rings is 1. The van der Waals surface area contributed by atoms with Crippen LogP contribution in [0.4, 0.5) is 13.2 Å². The van der Waals surface area contributed by atoms with Gasteiger partial charge in [-0.3, -0.25) is 4.79 Å². The summed E-state index contributed by atoms with van der Waals surface area (Å²) in [6.45, 7) is 3.47. The zero-order chi connectivity index (χ0) is 21.3. The van der Waals surface area contributed by atoms with Gasteiger partial charge in [0.05, 0.1) is 29.4 Å². The number of halogens is 3. The fourth-order valence-electron chi connectivity index (χ4n) is 4.15. The van der Waals surface area contributed by atoms with E-state index >= 15 is 0 Å². The van der Waals surface area contributed by atoms with Crippen molar-refractivity contribution in [1.82, 2.24) is 15.0 Å². The van der Waals surface area contributed by atoms with E-state index < -0.39 is 11.7 Å². The topological polar surface area (TPSA) is 77.7 Å². The zero-order valence-corrected chi connectivity index (χ0v) is 16.7. The molecule has 0 aliphatic carbocycles. The monoisotopic (exact) mass is 427 g/mol. The summed E-state index contributed by atoms with van der Waals surface area (Å²) in [5.41, 5.74) is -0.381. The average molecular weight is 427 g/mol. The molecule has 30 heavy (non-hydrogen) atoms. The van der Waals surface area contributed by atoms with Gasteiger partial charge in [0.1, 0.15) is 6.61 Å². The van der Waals surface area contributed by atoms with Gasteiger partial charge in [-0.15, -0.1) is 0 Å². The minimum absolute atomic E-state index is 0.0150. The third kappa shape index (κ3) is 4.44. The minimum Gasteiger partial charge on any atom is -0.376 e. The molecule has 4 heterocycles. The van der Waals surface area contributed by atoms with Gasteiger partial charge in [-0.05, 0) is 38.7 Å². The van der Waals surface area contributed by atoms with Crippen molar-refractivity contribution in [2.75, 3.05) is 32.9 Å². The van der Waals surface area contributed by atoms with E-state index in [0.717, 1.165) is 25.5 Å². The van der Waals surface area contributed by atoms with Crippen LogP contribution in [0.2, 0.25) is 0 Å². The van der Waals surface area contributed by atoms with Gasteiger partial charge in [0.15, 0.2) is 0 Å². The summed E-state index contributed by atoms with van der Waals surface area (Å²) in [6, 6.07) is 1.02. The maximum atomic E-state index is 13.5. The quantitative estimate of drug-likeness (QED) is 0.728. The van der Waals surface area contributed by atoms with E-state index in [1.54, 1.807) is 4.90 Å². The van der Waals surface area contributed by atoms with Crippen molar-refractivity contribution in [3.05, 3.63) is 23.0 Å². The molecule has 0 aromatic carbocycles. The number of aromatic nitrogens is 2. The molecule has 1 unspecified atom stereocenters. The largest absolute Gasteiger partial charge is 0.417 e. The Labute approximate surface area is 171 Å². The van der Waals surface area contributed by atoms with Crippen LogP contribution in [0.3, 0.4) is 0 Å². The van der Waals surface area contributed by atoms with E-state index in [4.69, 9.17) is 14.0 Å². The summed E-state index contributed by atoms with van der Waals surface area (Å²) in [4.78, 5) is 18.1. The highest BCUT2D eigenvalue weighted by Crippen LogP contribution is 2.40. The Morgan fingerprint density at radius 3 is 2.73 bits per heavy atom. The molecule has 0 N–H and O–H groups in total. The van der Waals surface area contributed by atoms with Crippen molar-refractivity contribution in [2.45, 2.75) is 50.8 Å². The molecule has 1 amide bonds. The van der Waals surface area contributed by atoms with E-state index in [2.05, 4.69) is 10.1 Å². The second kappa shape index (κ2) is 8.50. The van der Waals surface area contributed by atoms with Gasteiger partial charge in [0.25, 0.3) is 5.71 Å². The van der Waals surface area contributed by atoms with Crippen LogP contribution in [0.25, 0.3) is 11.1 Å². The molecule has 1 atom stereocenters. The lowest BCUT2D eigenvalue weighted by molar-refractivity contribution is -0.138. The highest BCUT2D eigenvalue weighted by atomic mass is 19.4. The number of ether oxygens (including phenoxy) is 2. The number of amides is 1. The Balaban J connectivity index is 1.39. The summed E-state index contributed by atoms with van der Waals surface area (Å²) < 4.78 is 56.7. The van der Waals surface area contributed by atoms with Crippen LogP contribution in [-0.4, -0.2) is 60.0 Å². The normalized spacial score (nSPS) is 20.9. The molecule has 0 radical (unpaired) electrons. The third-order valence-electron chi connectivity index (χ3n) is 5.69. The molecule has 164 valence electrons. The van der Waals surface area contributed by atoms with Gasteiger partial charge in [0.2, 0.25) is 5.91 Å². The first-order valence-corrected chi connectivity index (χ1v) is 10.1. The Hall–Kier alpha value is -2.20. The second-order valence-corrected chi connectivity index (χ2v) is 7.86. The second-order valence-electron chi connectivity index (χ2n) is 7.86. The molecular formula is C20H24F3N3O4. The first-order chi connectivity index (χ1) is 14.3. The lowest BCUT2D eigenvalue weighted by Gasteiger charge is -2.31. The number of hydrogen-bond donors (Lipinski definition) is 0. The van der Waals surface area contributed by atoms with Gasteiger partial charge < -0.3 is 18.9 Å². The number of carbonyl (C=O) groups excluding carboxylic acids is 1. The molecular weight excluding hydrogens is 403 g/mol. The van der Waals surface area contributed by atoms with Gasteiger partial charge in [-0.2, -0.15) is 13.2 Å². The van der Waals surface area contributed by atoms with Crippen LogP contribution < -0.4 is 0 Å². The maximum Gasteiger partial charge on any atom is 0.417 e. The van der Waals surface area contributed by atoms with Gasteiger partial charge >= 0.3 is 6.18 Å². The zero-order valence-electron chi connectivity index (χ0n) is 16.7. The number of fused-ring (bicyclic) bond motifs is 1. The van der Waals surface area contributed by atoms with Gasteiger partial charge in [-0.25, -0.2) is 4.98 Å². The van der Waals surface area contributed by atoms with Crippen LogP contribution in [0.15, 0.2) is 10.6 Å². The lowest BCUT2D eigenvalue weighted by atomic mass is 9.90. The number of aryl methyl sites for hydroxylation is 1. The average Bonchev–Trinajstić information content (AvgIpc) is 3.36. The molecule has 2 aromatic heterocycles. The Kier molecular flexibility index (Phi) is 5.97. The van der Waals surface area contributed by atoms with Crippen LogP contribution >= 0.6 is 0 Å². The fraction of sp³-hybridized carbons (Fsp3) is 0.650. The highest BCUT2D eigenvalue weighted by Gasteiger charge is 2.37. The van der Waals surface area contributed by atoms with Gasteiger partial charge in [-0.1, -0.05) is 5.16 Å². The molecule has 0 bridgehead atoms. The van der Waals surface area contributed by atoms with Crippen molar-refractivity contribution < 1.29 is 32.0 Å². The number of likely N-dealkylation sites (tertiary alicyclic amines) is 1. The standard InChI is InChI=1S/C20H24F3N3O4/c1-12-9-15(20(21,22)23)17-18(25-30-19(17)24-12)13-4-6-26(7-5-13)16(27)11-28-10-14-3-2-8-29-14/h9,13-14H,2-8,10-11H2,1H3. The molecule has 7 nitrogen and oxygen atoms in total. The maximum absolute atomic E-state index is 13.5. The van der Waals surface area contributed by atoms with Crippen molar-refractivity contribution >= 4 is 17.0 Å². The number of rotatable bonds is 5. The van der Waals surface area contributed by atoms with Crippen LogP contribution in [0, 0.1) is 6.92 Å². The first-order valence-electron chi connectivity index (χ1n) is 10.1. The summed E-state index contributed by atoms with van der Waals surface area (Å²) in [6.07, 6.45) is -1.50. The predicted octanol–water partition coefficient (Wildman–Crippen LogP) is 3.45. The number of pyridine rings is 1. The minimum atomic E-state index is -4.52. The van der Waals surface area contributed by atoms with Crippen LogP contribution in [0.1, 0.15) is 48.6 Å². The molecule has 2 fully saturated rings. The predicted molar refractivity (Wildman–Crippen MR) is 99.9 cm³/mol. The highest BCUT2D eigenvalue weighted by molar-refractivity contribution is 5.82. The van der Waals surface area contributed by atoms with Crippen molar-refractivity contribution in [2.24, 2.45) is 0 Å². The van der Waals surface area contributed by atoms with Gasteiger partial charge in [0, 0.05) is 31.3 Å². The summed E-state index contributed by atoms with van der Waals surface area (Å²) in [5, 5.41) is 3.85. The number of hydrogen-bond acceptors (Lipinski definition) is 6. The Morgan fingerprint density at radius 1 is 1.30 bits per heavy atom. The molecule has 2 aliphatic rings. The Bertz CT molecular complexity index is 901. The van der Waals surface area contributed by atoms with E-state index in [0.29, 0.717) is 32.5 Å². The summed E-state index contributed by atoms with van der Waals surface area (Å²) >= 11 is 0. The summed E-state index contributed by atoms with van der Waals surface area (Å²) in [5.74, 6) is -0.349. The van der Waals surface area contributed by atoms with Crippen molar-refractivity contribution in [3.63, 3.8) is 0 Å². The molecule has 2 saturated heterocycles. The first kappa shape index (κ1) is 21.0. The summed E-state index contributed by atoms with van der Waals surface area (Å²) in [7, 11) is 0. The molecule has 2 aromatic rings. The molecule has 10 heteroatoms. The molecule has 2 aliphatic heterocycles. The SMILES string of the molecule is Cc1cc(C(F)(F)F)c2c(C3CCN(C(=O)COCC4CCCO4)CC3)noc2n1. The lowest BCUT2D eigenvalue weighted by Crippen LogP contribution is -2.40. The number of nitrogens with zero attached hydrogens (tertiary/aromatic N) is 3. The fourth-order valence-corrected chi connectivity index (χ4v) is 4.15. The molecule has 0 spiro atoms. The van der Waals surface area contributed by atoms with Crippen LogP contribution in [-0.2, 0) is 20.4 Å².